The first-order valence-electron chi connectivity index (χ1n) is 12.6. The summed E-state index contributed by atoms with van der Waals surface area (Å²) in [5.74, 6) is 0. The summed E-state index contributed by atoms with van der Waals surface area (Å²) in [6.45, 7) is 18.1. The van der Waals surface area contributed by atoms with Crippen LogP contribution in [0, 0.1) is 13.3 Å². The molecule has 0 N–H and O–H groups in total. The molecular formula is C30H34N4. The summed E-state index contributed by atoms with van der Waals surface area (Å²) in [6, 6.07) is 26.7. The largest absolute Gasteiger partial charge is 0.340 e. The van der Waals surface area contributed by atoms with Crippen molar-refractivity contribution < 1.29 is 0 Å². The minimum atomic E-state index is 0.211. The van der Waals surface area contributed by atoms with Gasteiger partial charge in [-0.3, -0.25) is 0 Å². The molecule has 2 heterocycles. The van der Waals surface area contributed by atoms with E-state index in [0.717, 1.165) is 25.9 Å². The van der Waals surface area contributed by atoms with Crippen LogP contribution in [0.3, 0.4) is 0 Å². The third-order valence-corrected chi connectivity index (χ3v) is 7.06. The first-order valence-corrected chi connectivity index (χ1v) is 12.6. The number of anilines is 4. The zero-order valence-electron chi connectivity index (χ0n) is 20.7. The maximum Gasteiger partial charge on any atom is 0.209 e. The summed E-state index contributed by atoms with van der Waals surface area (Å²) in [6.07, 6.45) is 1.99. The predicted molar refractivity (Wildman–Crippen MR) is 143 cm³/mol. The lowest BCUT2D eigenvalue weighted by molar-refractivity contribution is 0.600. The van der Waals surface area contributed by atoms with Crippen LogP contribution in [0.1, 0.15) is 63.7 Å². The normalized spacial score (nSPS) is 16.6. The molecule has 2 aliphatic heterocycles. The molecule has 0 aromatic heterocycles. The monoisotopic (exact) mass is 450 g/mol. The van der Waals surface area contributed by atoms with Gasteiger partial charge < -0.3 is 19.6 Å². The van der Waals surface area contributed by atoms with Gasteiger partial charge in [0.05, 0.1) is 34.8 Å². The molecule has 5 rings (SSSR count). The van der Waals surface area contributed by atoms with Crippen molar-refractivity contribution in [1.82, 2.24) is 0 Å². The van der Waals surface area contributed by atoms with E-state index in [1.54, 1.807) is 0 Å². The van der Waals surface area contributed by atoms with Crippen LogP contribution in [0.5, 0.6) is 0 Å². The molecule has 2 aliphatic rings. The number of nitrogens with zero attached hydrogens (tertiary/aromatic N) is 4. The highest BCUT2D eigenvalue weighted by atomic mass is 15.4. The molecular weight excluding hydrogens is 416 g/mol. The summed E-state index contributed by atoms with van der Waals surface area (Å²) in [5.41, 5.74) is 7.68. The second-order valence-electron chi connectivity index (χ2n) is 8.88. The second-order valence-corrected chi connectivity index (χ2v) is 8.88. The molecule has 0 spiro atoms. The van der Waals surface area contributed by atoms with E-state index in [1.165, 1.54) is 33.9 Å². The standard InChI is InChI=1S/C30H34N4/c1-5-25(33-21-31(7-3)27-17-11-13-19-29(27)33)23-15-9-10-16-24(23)26(6-2)34-22-32(8-4)28-18-12-14-20-30(28)34/h9-20,25-26H,5-8H2,1-4H3/t25-,26-/m1/s1. The molecule has 34 heavy (non-hydrogen) atoms. The number of hydrogen-bond donors (Lipinski definition) is 0. The second kappa shape index (κ2) is 9.61. The van der Waals surface area contributed by atoms with Gasteiger partial charge in [-0.15, -0.1) is 0 Å². The Kier molecular flexibility index (Phi) is 6.40. The van der Waals surface area contributed by atoms with Crippen LogP contribution < -0.4 is 19.6 Å². The molecule has 4 nitrogen and oxygen atoms in total. The van der Waals surface area contributed by atoms with Crippen molar-refractivity contribution >= 4 is 22.7 Å². The fraction of sp³-hybridized carbons (Fsp3) is 0.333. The van der Waals surface area contributed by atoms with Crippen LogP contribution in [0.25, 0.3) is 0 Å². The predicted octanol–water partition coefficient (Wildman–Crippen LogP) is 7.27. The number of para-hydroxylation sites is 4. The third-order valence-electron chi connectivity index (χ3n) is 7.06. The highest BCUT2D eigenvalue weighted by Crippen LogP contribution is 2.48. The van der Waals surface area contributed by atoms with E-state index in [9.17, 15) is 0 Å². The smallest absolute Gasteiger partial charge is 0.209 e. The number of fused-ring (bicyclic) bond motifs is 2. The lowest BCUT2D eigenvalue weighted by atomic mass is 9.90. The first kappa shape index (κ1) is 22.6. The van der Waals surface area contributed by atoms with Gasteiger partial charge in [0.1, 0.15) is 0 Å². The van der Waals surface area contributed by atoms with Crippen molar-refractivity contribution in [2.75, 3.05) is 32.7 Å². The van der Waals surface area contributed by atoms with Crippen molar-refractivity contribution in [2.24, 2.45) is 0 Å². The Labute approximate surface area is 205 Å². The number of hydrogen-bond acceptors (Lipinski definition) is 4. The Morgan fingerprint density at radius 2 is 0.882 bits per heavy atom. The maximum atomic E-state index is 3.67. The van der Waals surface area contributed by atoms with Crippen molar-refractivity contribution in [3.8, 4) is 0 Å². The molecule has 0 unspecified atom stereocenters. The molecule has 0 saturated carbocycles. The minimum absolute atomic E-state index is 0.211. The van der Waals surface area contributed by atoms with E-state index in [2.05, 4.69) is 133 Å². The highest BCUT2D eigenvalue weighted by Gasteiger charge is 2.36. The number of benzene rings is 3. The summed E-state index contributed by atoms with van der Waals surface area (Å²) in [4.78, 5) is 9.17. The van der Waals surface area contributed by atoms with E-state index in [-0.39, 0.29) is 12.1 Å². The first-order chi connectivity index (χ1) is 16.7. The Morgan fingerprint density at radius 1 is 0.529 bits per heavy atom. The fourth-order valence-corrected chi connectivity index (χ4v) is 5.43. The molecule has 174 valence electrons. The quantitative estimate of drug-likeness (QED) is 0.358. The topological polar surface area (TPSA) is 13.0 Å². The van der Waals surface area contributed by atoms with Gasteiger partial charge in [0.2, 0.25) is 13.3 Å². The summed E-state index contributed by atoms with van der Waals surface area (Å²) in [7, 11) is 0. The van der Waals surface area contributed by atoms with Crippen molar-refractivity contribution in [2.45, 2.75) is 52.6 Å². The molecule has 3 aromatic carbocycles. The van der Waals surface area contributed by atoms with Crippen LogP contribution >= 0.6 is 0 Å². The van der Waals surface area contributed by atoms with Crippen LogP contribution in [-0.4, -0.2) is 13.1 Å². The molecule has 0 fully saturated rings. The molecule has 4 heteroatoms. The molecule has 4 radical (unpaired) electrons. The average molecular weight is 451 g/mol. The Morgan fingerprint density at radius 3 is 1.24 bits per heavy atom. The lowest BCUT2D eigenvalue weighted by Gasteiger charge is -2.35. The molecule has 0 amide bonds. The van der Waals surface area contributed by atoms with Gasteiger partial charge in [-0.1, -0.05) is 62.4 Å². The molecule has 0 saturated heterocycles. The van der Waals surface area contributed by atoms with Gasteiger partial charge in [0.25, 0.3) is 0 Å². The van der Waals surface area contributed by atoms with E-state index < -0.39 is 0 Å². The van der Waals surface area contributed by atoms with Gasteiger partial charge in [-0.2, -0.15) is 0 Å². The molecule has 2 atom stereocenters. The summed E-state index contributed by atoms with van der Waals surface area (Å²) in [5, 5.41) is 0. The zero-order chi connectivity index (χ0) is 23.7. The molecule has 0 bridgehead atoms. The van der Waals surface area contributed by atoms with Gasteiger partial charge in [-0.05, 0) is 62.1 Å². The van der Waals surface area contributed by atoms with E-state index >= 15 is 0 Å². The number of rotatable bonds is 8. The van der Waals surface area contributed by atoms with Crippen LogP contribution in [0.4, 0.5) is 22.7 Å². The maximum absolute atomic E-state index is 3.67. The van der Waals surface area contributed by atoms with E-state index in [4.69, 9.17) is 0 Å². The minimum Gasteiger partial charge on any atom is -0.340 e. The van der Waals surface area contributed by atoms with E-state index in [0.29, 0.717) is 0 Å². The highest BCUT2D eigenvalue weighted by molar-refractivity contribution is 5.80. The van der Waals surface area contributed by atoms with Gasteiger partial charge in [-0.25, -0.2) is 0 Å². The Bertz CT molecular complexity index is 1040. The average Bonchev–Trinajstić information content (AvgIpc) is 3.45. The van der Waals surface area contributed by atoms with Gasteiger partial charge in [0.15, 0.2) is 0 Å². The van der Waals surface area contributed by atoms with Crippen molar-refractivity contribution in [3.05, 3.63) is 97.3 Å². The Hall–Kier alpha value is -3.14. The van der Waals surface area contributed by atoms with Crippen molar-refractivity contribution in [1.29, 1.82) is 0 Å². The Balaban J connectivity index is 1.55. The van der Waals surface area contributed by atoms with Gasteiger partial charge in [0, 0.05) is 13.1 Å². The third kappa shape index (κ3) is 3.70. The lowest BCUT2D eigenvalue weighted by Crippen LogP contribution is -2.32. The summed E-state index contributed by atoms with van der Waals surface area (Å²) < 4.78 is 0. The van der Waals surface area contributed by atoms with Crippen LogP contribution in [-0.2, 0) is 0 Å². The van der Waals surface area contributed by atoms with Crippen molar-refractivity contribution in [3.63, 3.8) is 0 Å². The zero-order valence-corrected chi connectivity index (χ0v) is 20.7. The van der Waals surface area contributed by atoms with Crippen LogP contribution in [0.15, 0.2) is 72.8 Å². The molecule has 0 aliphatic carbocycles. The SMILES string of the molecule is CC[C@H](c1ccccc1[C@@H](CC)N1[C]N(CC)c2ccccc21)N1[C]N(CC)c2ccccc21. The summed E-state index contributed by atoms with van der Waals surface area (Å²) >= 11 is 0. The van der Waals surface area contributed by atoms with Crippen LogP contribution in [0.2, 0.25) is 0 Å². The fourth-order valence-electron chi connectivity index (χ4n) is 5.43. The van der Waals surface area contributed by atoms with Gasteiger partial charge >= 0.3 is 0 Å². The molecule has 3 aromatic rings. The van der Waals surface area contributed by atoms with E-state index in [1.807, 2.05) is 0 Å².